The van der Waals surface area contributed by atoms with Gasteiger partial charge in [-0.1, -0.05) is 5.16 Å². The highest BCUT2D eigenvalue weighted by Crippen LogP contribution is 2.22. The molecule has 6 nitrogen and oxygen atoms in total. The summed E-state index contributed by atoms with van der Waals surface area (Å²) in [7, 11) is 0. The highest BCUT2D eigenvalue weighted by Gasteiger charge is 2.10. The van der Waals surface area contributed by atoms with Crippen molar-refractivity contribution in [2.75, 3.05) is 0 Å². The third kappa shape index (κ3) is 1.91. The molecule has 0 aliphatic heterocycles. The molecule has 0 atom stereocenters. The summed E-state index contributed by atoms with van der Waals surface area (Å²) in [5.74, 6) is 1.01. The molecule has 0 unspecified atom stereocenters. The summed E-state index contributed by atoms with van der Waals surface area (Å²) in [4.78, 5) is 12.0. The number of phenolic OH excluding ortho intramolecular Hbond substituents is 1. The van der Waals surface area contributed by atoms with E-state index in [1.165, 1.54) is 6.33 Å². The second-order valence-electron chi connectivity index (χ2n) is 3.60. The van der Waals surface area contributed by atoms with Crippen LogP contribution in [-0.2, 0) is 0 Å². The van der Waals surface area contributed by atoms with Gasteiger partial charge in [-0.3, -0.25) is 0 Å². The molecule has 0 spiro atoms. The fourth-order valence-electron chi connectivity index (χ4n) is 1.48. The van der Waals surface area contributed by atoms with E-state index in [-0.39, 0.29) is 5.75 Å². The largest absolute Gasteiger partial charge is 0.508 e. The van der Waals surface area contributed by atoms with Gasteiger partial charge in [0.15, 0.2) is 0 Å². The Kier molecular flexibility index (Phi) is 2.45. The van der Waals surface area contributed by atoms with E-state index in [4.69, 9.17) is 4.52 Å². The van der Waals surface area contributed by atoms with Gasteiger partial charge in [0.05, 0.1) is 5.56 Å². The molecule has 0 amide bonds. The van der Waals surface area contributed by atoms with Crippen molar-refractivity contribution in [2.45, 2.75) is 0 Å². The van der Waals surface area contributed by atoms with Gasteiger partial charge in [0.1, 0.15) is 12.1 Å². The maximum atomic E-state index is 9.21. The van der Waals surface area contributed by atoms with Gasteiger partial charge in [-0.15, -0.1) is 0 Å². The highest BCUT2D eigenvalue weighted by molar-refractivity contribution is 5.59. The molecule has 6 heteroatoms. The Morgan fingerprint density at radius 1 is 0.944 bits per heavy atom. The normalized spacial score (nSPS) is 10.4. The van der Waals surface area contributed by atoms with Crippen molar-refractivity contribution in [2.24, 2.45) is 0 Å². The van der Waals surface area contributed by atoms with Crippen molar-refractivity contribution in [1.29, 1.82) is 0 Å². The molecule has 18 heavy (non-hydrogen) atoms. The van der Waals surface area contributed by atoms with Gasteiger partial charge >= 0.3 is 0 Å². The Morgan fingerprint density at radius 3 is 2.39 bits per heavy atom. The van der Waals surface area contributed by atoms with E-state index in [1.807, 2.05) is 0 Å². The second kappa shape index (κ2) is 4.25. The van der Waals surface area contributed by atoms with E-state index >= 15 is 0 Å². The zero-order valence-corrected chi connectivity index (χ0v) is 9.19. The minimum Gasteiger partial charge on any atom is -0.508 e. The standard InChI is InChI=1S/C12H8N4O2/c17-10-3-1-8(2-4-10)11-15-12(18-16-11)9-5-13-7-14-6-9/h1-7,17H. The molecule has 0 bridgehead atoms. The molecular formula is C12H8N4O2. The molecule has 0 aliphatic rings. The first-order chi connectivity index (χ1) is 8.83. The van der Waals surface area contributed by atoms with E-state index < -0.39 is 0 Å². The number of nitrogens with zero attached hydrogens (tertiary/aromatic N) is 4. The maximum absolute atomic E-state index is 9.21. The molecule has 1 N–H and O–H groups in total. The third-order valence-electron chi connectivity index (χ3n) is 2.36. The van der Waals surface area contributed by atoms with Crippen LogP contribution < -0.4 is 0 Å². The Bertz CT molecular complexity index is 649. The van der Waals surface area contributed by atoms with Crippen molar-refractivity contribution >= 4 is 0 Å². The van der Waals surface area contributed by atoms with E-state index in [0.717, 1.165) is 5.56 Å². The van der Waals surface area contributed by atoms with Crippen LogP contribution in [-0.4, -0.2) is 25.2 Å². The molecule has 3 aromatic rings. The van der Waals surface area contributed by atoms with Crippen molar-refractivity contribution < 1.29 is 9.63 Å². The lowest BCUT2D eigenvalue weighted by Crippen LogP contribution is -1.83. The molecular weight excluding hydrogens is 232 g/mol. The number of rotatable bonds is 2. The molecule has 2 heterocycles. The first-order valence-corrected chi connectivity index (χ1v) is 5.21. The lowest BCUT2D eigenvalue weighted by molar-refractivity contribution is 0.432. The first-order valence-electron chi connectivity index (χ1n) is 5.21. The SMILES string of the molecule is Oc1ccc(-c2noc(-c3cncnc3)n2)cc1. The van der Waals surface area contributed by atoms with E-state index in [9.17, 15) is 5.11 Å². The van der Waals surface area contributed by atoms with Crippen LogP contribution in [0, 0.1) is 0 Å². The van der Waals surface area contributed by atoms with Crippen molar-refractivity contribution in [1.82, 2.24) is 20.1 Å². The predicted molar refractivity (Wildman–Crippen MR) is 62.4 cm³/mol. The number of hydrogen-bond acceptors (Lipinski definition) is 6. The number of benzene rings is 1. The fourth-order valence-corrected chi connectivity index (χ4v) is 1.48. The average Bonchev–Trinajstić information content (AvgIpc) is 2.90. The van der Waals surface area contributed by atoms with Gasteiger partial charge < -0.3 is 9.63 Å². The second-order valence-corrected chi connectivity index (χ2v) is 3.60. The Morgan fingerprint density at radius 2 is 1.67 bits per heavy atom. The Labute approximate surface area is 102 Å². The van der Waals surface area contributed by atoms with Crippen LogP contribution in [0.5, 0.6) is 5.75 Å². The molecule has 0 aliphatic carbocycles. The van der Waals surface area contributed by atoms with Crippen molar-refractivity contribution in [3.63, 3.8) is 0 Å². The molecule has 0 fully saturated rings. The number of phenols is 1. The molecule has 0 saturated carbocycles. The van der Waals surface area contributed by atoms with E-state index in [0.29, 0.717) is 17.3 Å². The van der Waals surface area contributed by atoms with Gasteiger partial charge in [-0.05, 0) is 24.3 Å². The fraction of sp³-hybridized carbons (Fsp3) is 0. The van der Waals surface area contributed by atoms with Gasteiger partial charge in [-0.2, -0.15) is 4.98 Å². The summed E-state index contributed by atoms with van der Waals surface area (Å²) in [6, 6.07) is 6.56. The third-order valence-corrected chi connectivity index (χ3v) is 2.36. The summed E-state index contributed by atoms with van der Waals surface area (Å²) in [5.41, 5.74) is 1.43. The monoisotopic (exact) mass is 240 g/mol. The van der Waals surface area contributed by atoms with Crippen LogP contribution in [0.3, 0.4) is 0 Å². The lowest BCUT2D eigenvalue weighted by Gasteiger charge is -1.93. The van der Waals surface area contributed by atoms with Gasteiger partial charge in [0, 0.05) is 18.0 Å². The number of hydrogen-bond donors (Lipinski definition) is 1. The smallest absolute Gasteiger partial charge is 0.261 e. The molecule has 0 saturated heterocycles. The Hall–Kier alpha value is -2.76. The van der Waals surface area contributed by atoms with Gasteiger partial charge in [0.2, 0.25) is 5.82 Å². The number of aromatic nitrogens is 4. The van der Waals surface area contributed by atoms with Gasteiger partial charge in [-0.25, -0.2) is 9.97 Å². The van der Waals surface area contributed by atoms with Gasteiger partial charge in [0.25, 0.3) is 5.89 Å². The average molecular weight is 240 g/mol. The molecule has 1 aromatic carbocycles. The van der Waals surface area contributed by atoms with Crippen LogP contribution in [0.2, 0.25) is 0 Å². The summed E-state index contributed by atoms with van der Waals surface area (Å²) in [5, 5.41) is 13.1. The van der Waals surface area contributed by atoms with Crippen LogP contribution in [0.1, 0.15) is 0 Å². The summed E-state index contributed by atoms with van der Waals surface area (Å²) in [6.45, 7) is 0. The Balaban J connectivity index is 1.97. The maximum Gasteiger partial charge on any atom is 0.261 e. The molecule has 3 rings (SSSR count). The first kappa shape index (κ1) is 10.4. The summed E-state index contributed by atoms with van der Waals surface area (Å²) < 4.78 is 5.13. The zero-order chi connectivity index (χ0) is 12.4. The lowest BCUT2D eigenvalue weighted by atomic mass is 10.2. The quantitative estimate of drug-likeness (QED) is 0.736. The molecule has 2 aromatic heterocycles. The van der Waals surface area contributed by atoms with Crippen LogP contribution in [0.15, 0.2) is 47.5 Å². The topological polar surface area (TPSA) is 84.9 Å². The highest BCUT2D eigenvalue weighted by atomic mass is 16.5. The minimum atomic E-state index is 0.193. The molecule has 88 valence electrons. The van der Waals surface area contributed by atoms with E-state index in [1.54, 1.807) is 36.7 Å². The van der Waals surface area contributed by atoms with Crippen molar-refractivity contribution in [3.8, 4) is 28.6 Å². The minimum absolute atomic E-state index is 0.193. The van der Waals surface area contributed by atoms with Crippen molar-refractivity contribution in [3.05, 3.63) is 43.0 Å². The van der Waals surface area contributed by atoms with E-state index in [2.05, 4.69) is 20.1 Å². The summed E-state index contributed by atoms with van der Waals surface area (Å²) in [6.07, 6.45) is 4.63. The zero-order valence-electron chi connectivity index (χ0n) is 9.19. The number of aromatic hydroxyl groups is 1. The predicted octanol–water partition coefficient (Wildman–Crippen LogP) is 1.90. The summed E-state index contributed by atoms with van der Waals surface area (Å²) >= 11 is 0. The van der Waals surface area contributed by atoms with Crippen LogP contribution in [0.25, 0.3) is 22.8 Å². The molecule has 0 radical (unpaired) electrons. The van der Waals surface area contributed by atoms with Crippen LogP contribution in [0.4, 0.5) is 0 Å². The van der Waals surface area contributed by atoms with Crippen LogP contribution >= 0.6 is 0 Å².